The molecule has 0 bridgehead atoms. The van der Waals surface area contributed by atoms with Gasteiger partial charge in [0.15, 0.2) is 0 Å². The number of rotatable bonds is 6. The molecule has 40 heavy (non-hydrogen) atoms. The number of Topliss-reactive ketones (excluding diaryl/α,β-unsaturated/α-hetero) is 6. The maximum atomic E-state index is 11.4. The van der Waals surface area contributed by atoms with E-state index in [4.69, 9.17) is 0 Å². The van der Waals surface area contributed by atoms with Crippen molar-refractivity contribution >= 4 is 34.7 Å². The molecule has 0 aromatic carbocycles. The number of ketones is 6. The van der Waals surface area contributed by atoms with Crippen molar-refractivity contribution in [1.82, 2.24) is 0 Å². The normalized spacial score (nSPS) is 12.2. The van der Waals surface area contributed by atoms with Crippen LogP contribution in [0.2, 0.25) is 0 Å². The molecular weight excluding hydrogens is 540 g/mol. The molecule has 0 saturated heterocycles. The van der Waals surface area contributed by atoms with Gasteiger partial charge in [0.2, 0.25) is 0 Å². The second kappa shape index (κ2) is 16.1. The quantitative estimate of drug-likeness (QED) is 0.181. The molecule has 0 aromatic rings. The standard InChI is InChI=1S/3C11H19O2.Ti/c3*1-10(2,3)8(12)7-9(13)11(4,5)6;/h3*7H,1-6H3;/q3*-1;+3. The molecular formula is C33H57O6Ti. The summed E-state index contributed by atoms with van der Waals surface area (Å²) in [6, 6.07) is 0. The monoisotopic (exact) mass is 597 g/mol. The van der Waals surface area contributed by atoms with Gasteiger partial charge in [0.05, 0.1) is 0 Å². The summed E-state index contributed by atoms with van der Waals surface area (Å²) in [6.07, 6.45) is 3.67. The number of carbonyl (C=O) groups is 6. The Kier molecular flexibility index (Phi) is 18.3. The zero-order valence-corrected chi connectivity index (χ0v) is 30.2. The molecule has 0 atom stereocenters. The van der Waals surface area contributed by atoms with Crippen LogP contribution in [-0.2, 0) is 50.5 Å². The van der Waals surface area contributed by atoms with Crippen LogP contribution in [0.5, 0.6) is 0 Å². The molecule has 229 valence electrons. The third kappa shape index (κ3) is 21.1. The first-order valence-electron chi connectivity index (χ1n) is 13.5. The molecule has 7 heteroatoms. The zero-order valence-electron chi connectivity index (χ0n) is 28.7. The minimum Gasteiger partial charge on any atom is -0.333 e. The topological polar surface area (TPSA) is 102 Å². The van der Waals surface area contributed by atoms with Crippen molar-refractivity contribution in [3.05, 3.63) is 19.3 Å². The SMILES string of the molecule is CC(C)(C)C(=O)[CH-]C(=O)C(C)(C)C.CC(C)(C)C(=O)[CH-]C(=O)C(C)(C)C.CC(C)(C)C(=O)[CH-]C(=O)C(C)(C)C.[Ti+3]. The Morgan fingerprint density at radius 1 is 0.275 bits per heavy atom. The van der Waals surface area contributed by atoms with E-state index in [1.54, 1.807) is 0 Å². The van der Waals surface area contributed by atoms with Crippen molar-refractivity contribution < 1.29 is 50.5 Å². The van der Waals surface area contributed by atoms with Gasteiger partial charge in [-0.3, -0.25) is 19.3 Å². The molecule has 0 aromatic heterocycles. The van der Waals surface area contributed by atoms with E-state index in [1.165, 1.54) is 19.3 Å². The molecule has 1 radical (unpaired) electrons. The number of hydrogen-bond acceptors (Lipinski definition) is 6. The summed E-state index contributed by atoms with van der Waals surface area (Å²) in [5.41, 5.74) is -2.74. The van der Waals surface area contributed by atoms with Gasteiger partial charge in [0, 0.05) is 34.7 Å². The van der Waals surface area contributed by atoms with E-state index in [0.717, 1.165) is 0 Å². The molecule has 0 spiro atoms. The van der Waals surface area contributed by atoms with Crippen LogP contribution in [0.15, 0.2) is 0 Å². The Morgan fingerprint density at radius 3 is 0.400 bits per heavy atom. The van der Waals surface area contributed by atoms with Crippen LogP contribution >= 0.6 is 0 Å². The minimum absolute atomic E-state index is 0. The summed E-state index contributed by atoms with van der Waals surface area (Å²) in [4.78, 5) is 68.7. The first kappa shape index (κ1) is 45.3. The number of carbonyl (C=O) groups excluding carboxylic acids is 6. The average Bonchev–Trinajstić information content (AvgIpc) is 2.64. The average molecular weight is 598 g/mol. The second-order valence-electron chi connectivity index (χ2n) is 16.1. The molecule has 0 N–H and O–H groups in total. The molecule has 0 unspecified atom stereocenters. The van der Waals surface area contributed by atoms with Crippen molar-refractivity contribution in [2.45, 2.75) is 125 Å². The molecule has 0 saturated carbocycles. The molecule has 0 heterocycles. The van der Waals surface area contributed by atoms with Crippen LogP contribution in [0.3, 0.4) is 0 Å². The molecule has 0 rings (SSSR count). The Hall–Kier alpha value is -1.66. The Bertz CT molecular complexity index is 693. The molecule has 0 aliphatic carbocycles. The van der Waals surface area contributed by atoms with Gasteiger partial charge < -0.3 is 28.8 Å². The van der Waals surface area contributed by atoms with Gasteiger partial charge >= 0.3 is 21.7 Å². The van der Waals surface area contributed by atoms with Gasteiger partial charge in [-0.25, -0.2) is 0 Å². The van der Waals surface area contributed by atoms with Crippen LogP contribution in [0.25, 0.3) is 0 Å². The predicted molar refractivity (Wildman–Crippen MR) is 160 cm³/mol. The van der Waals surface area contributed by atoms with Crippen molar-refractivity contribution in [2.75, 3.05) is 0 Å². The minimum atomic E-state index is -0.457. The molecule has 0 amide bonds. The summed E-state index contributed by atoms with van der Waals surface area (Å²) in [7, 11) is 0. The molecule has 0 aliphatic rings. The third-order valence-electron chi connectivity index (χ3n) is 5.22. The Morgan fingerprint density at radius 2 is 0.350 bits per heavy atom. The van der Waals surface area contributed by atoms with Crippen molar-refractivity contribution in [3.8, 4) is 0 Å². The van der Waals surface area contributed by atoms with E-state index >= 15 is 0 Å². The fraction of sp³-hybridized carbons (Fsp3) is 0.727. The van der Waals surface area contributed by atoms with Crippen molar-refractivity contribution in [3.63, 3.8) is 0 Å². The molecule has 6 nitrogen and oxygen atoms in total. The fourth-order valence-electron chi connectivity index (χ4n) is 1.66. The first-order chi connectivity index (χ1) is 16.6. The summed E-state index contributed by atoms with van der Waals surface area (Å²) in [5, 5.41) is 0. The zero-order chi connectivity index (χ0) is 32.6. The smallest absolute Gasteiger partial charge is 0.333 e. The predicted octanol–water partition coefficient (Wildman–Crippen LogP) is 7.26. The third-order valence-corrected chi connectivity index (χ3v) is 5.22. The van der Waals surface area contributed by atoms with Crippen LogP contribution in [0.1, 0.15) is 125 Å². The second-order valence-corrected chi connectivity index (χ2v) is 16.1. The van der Waals surface area contributed by atoms with Crippen molar-refractivity contribution in [1.29, 1.82) is 0 Å². The van der Waals surface area contributed by atoms with Gasteiger partial charge in [0.25, 0.3) is 0 Å². The molecule has 0 fully saturated rings. The van der Waals surface area contributed by atoms with Crippen molar-refractivity contribution in [2.24, 2.45) is 32.5 Å². The van der Waals surface area contributed by atoms with Gasteiger partial charge in [0.1, 0.15) is 0 Å². The van der Waals surface area contributed by atoms with E-state index in [9.17, 15) is 28.8 Å². The number of hydrogen-bond donors (Lipinski definition) is 0. The maximum absolute atomic E-state index is 11.4. The van der Waals surface area contributed by atoms with Gasteiger partial charge in [-0.15, -0.1) is 0 Å². The van der Waals surface area contributed by atoms with E-state index in [2.05, 4.69) is 0 Å². The summed E-state index contributed by atoms with van der Waals surface area (Å²) in [5.74, 6) is -0.625. The van der Waals surface area contributed by atoms with Gasteiger partial charge in [-0.2, -0.15) is 0 Å². The fourth-order valence-corrected chi connectivity index (χ4v) is 1.66. The summed E-state index contributed by atoms with van der Waals surface area (Å²) >= 11 is 0. The van der Waals surface area contributed by atoms with Gasteiger partial charge in [-0.1, -0.05) is 125 Å². The van der Waals surface area contributed by atoms with E-state index < -0.39 is 32.5 Å². The van der Waals surface area contributed by atoms with Gasteiger partial charge in [-0.05, 0) is 32.5 Å². The summed E-state index contributed by atoms with van der Waals surface area (Å²) in [6.45, 7) is 32.5. The Balaban J connectivity index is -0.000000240. The Labute approximate surface area is 260 Å². The van der Waals surface area contributed by atoms with Crippen LogP contribution < -0.4 is 0 Å². The largest absolute Gasteiger partial charge is 3.00 e. The molecule has 0 aliphatic heterocycles. The van der Waals surface area contributed by atoms with Crippen LogP contribution in [0.4, 0.5) is 0 Å². The van der Waals surface area contributed by atoms with E-state index in [0.29, 0.717) is 0 Å². The van der Waals surface area contributed by atoms with Crippen LogP contribution in [0, 0.1) is 51.8 Å². The van der Waals surface area contributed by atoms with Crippen LogP contribution in [-0.4, -0.2) is 34.7 Å². The van der Waals surface area contributed by atoms with E-state index in [1.807, 2.05) is 125 Å². The van der Waals surface area contributed by atoms with E-state index in [-0.39, 0.29) is 56.4 Å². The summed E-state index contributed by atoms with van der Waals surface area (Å²) < 4.78 is 0. The first-order valence-corrected chi connectivity index (χ1v) is 13.5. The maximum Gasteiger partial charge on any atom is 3.00 e.